The summed E-state index contributed by atoms with van der Waals surface area (Å²) in [5.74, 6) is -1.26. The molecule has 4 aromatic heterocycles. The smallest absolute Gasteiger partial charge is 0.545 e. The molecule has 184 valence electrons. The van der Waals surface area contributed by atoms with Crippen LogP contribution in [-0.4, -0.2) is 56.8 Å². The number of halogens is 1. The minimum atomic E-state index is -1.26. The van der Waals surface area contributed by atoms with Crippen molar-refractivity contribution < 1.29 is 44.2 Å². The quantitative estimate of drug-likeness (QED) is 0.298. The second kappa shape index (κ2) is 11.2. The molecule has 1 aliphatic rings. The number of aromatic carboxylic acids is 1. The summed E-state index contributed by atoms with van der Waals surface area (Å²) in [4.78, 5) is 27.8. The molecule has 0 atom stereocenters. The van der Waals surface area contributed by atoms with Gasteiger partial charge in [-0.3, -0.25) is 4.98 Å². The van der Waals surface area contributed by atoms with Crippen molar-refractivity contribution in [3.63, 3.8) is 0 Å². The van der Waals surface area contributed by atoms with E-state index in [1.807, 2.05) is 24.3 Å². The Balaban J connectivity index is 0.00000294. The first kappa shape index (κ1) is 26.3. The minimum absolute atomic E-state index is 0. The van der Waals surface area contributed by atoms with E-state index in [4.69, 9.17) is 21.3 Å². The molecule has 0 unspecified atom stereocenters. The fraction of sp³-hybridized carbons (Fsp3) is 0.148. The summed E-state index contributed by atoms with van der Waals surface area (Å²) in [5.41, 5.74) is 4.73. The minimum Gasteiger partial charge on any atom is -0.545 e. The number of hydrogen-bond acceptors (Lipinski definition) is 8. The Morgan fingerprint density at radius 3 is 2.63 bits per heavy atom. The molecule has 11 heteroatoms. The predicted molar refractivity (Wildman–Crippen MR) is 139 cm³/mol. The summed E-state index contributed by atoms with van der Waals surface area (Å²) < 4.78 is 7.24. The van der Waals surface area contributed by atoms with Gasteiger partial charge in [-0.25, -0.2) is 14.5 Å². The summed E-state index contributed by atoms with van der Waals surface area (Å²) in [6.07, 6.45) is 6.96. The van der Waals surface area contributed by atoms with Crippen LogP contribution in [0.4, 0.5) is 5.69 Å². The Labute approximate surface area is 245 Å². The summed E-state index contributed by atoms with van der Waals surface area (Å²) in [6.45, 7) is 2.65. The monoisotopic (exact) mass is 534 g/mol. The molecule has 0 N–H and O–H groups in total. The topological polar surface area (TPSA) is 109 Å². The van der Waals surface area contributed by atoms with Gasteiger partial charge >= 0.3 is 29.6 Å². The zero-order chi connectivity index (χ0) is 25.4. The van der Waals surface area contributed by atoms with E-state index < -0.39 is 5.97 Å². The van der Waals surface area contributed by atoms with Crippen LogP contribution in [0.1, 0.15) is 21.7 Å². The largest absolute Gasteiger partial charge is 1.00 e. The molecule has 1 aliphatic heterocycles. The van der Waals surface area contributed by atoms with Crippen molar-refractivity contribution in [1.82, 2.24) is 24.6 Å². The predicted octanol–water partition coefficient (Wildman–Crippen LogP) is 0.367. The molecule has 0 aliphatic carbocycles. The van der Waals surface area contributed by atoms with Crippen molar-refractivity contribution in [3.05, 3.63) is 83.0 Å². The first-order valence-corrected chi connectivity index (χ1v) is 12.1. The normalized spacial score (nSPS) is 13.8. The van der Waals surface area contributed by atoms with Crippen LogP contribution < -0.4 is 39.6 Å². The number of carbonyl (C=O) groups is 1. The van der Waals surface area contributed by atoms with Crippen LogP contribution in [0.5, 0.6) is 0 Å². The summed E-state index contributed by atoms with van der Waals surface area (Å²) in [7, 11) is 0. The van der Waals surface area contributed by atoms with Gasteiger partial charge in [0.2, 0.25) is 0 Å². The van der Waals surface area contributed by atoms with Gasteiger partial charge in [0.15, 0.2) is 10.8 Å². The summed E-state index contributed by atoms with van der Waals surface area (Å²) in [6, 6.07) is 14.1. The van der Waals surface area contributed by atoms with Crippen LogP contribution in [0.3, 0.4) is 0 Å². The molecule has 6 rings (SSSR count). The number of para-hydroxylation sites is 1. The van der Waals surface area contributed by atoms with Gasteiger partial charge in [-0.05, 0) is 36.4 Å². The van der Waals surface area contributed by atoms with Gasteiger partial charge < -0.3 is 19.5 Å². The number of carboxylic acids is 1. The van der Waals surface area contributed by atoms with Crippen molar-refractivity contribution in [3.8, 4) is 11.3 Å². The average Bonchev–Trinajstić information content (AvgIpc) is 3.30. The average molecular weight is 535 g/mol. The molecule has 0 bridgehead atoms. The number of hydrogen-bond donors (Lipinski definition) is 0. The molecule has 38 heavy (non-hydrogen) atoms. The fourth-order valence-corrected chi connectivity index (χ4v) is 4.71. The number of benzene rings is 1. The molecule has 0 saturated carbocycles. The van der Waals surface area contributed by atoms with E-state index in [9.17, 15) is 9.90 Å². The number of carboxylic acid groups (broad SMARTS) is 1. The van der Waals surface area contributed by atoms with Crippen molar-refractivity contribution >= 4 is 52.0 Å². The number of nitrogens with zero attached hydrogens (tertiary/aromatic N) is 6. The Bertz CT molecular complexity index is 1670. The van der Waals surface area contributed by atoms with E-state index >= 15 is 0 Å². The van der Waals surface area contributed by atoms with Crippen molar-refractivity contribution in [2.45, 2.75) is 0 Å². The first-order chi connectivity index (χ1) is 18.1. The number of rotatable bonds is 5. The molecule has 1 fully saturated rings. The Morgan fingerprint density at radius 2 is 1.87 bits per heavy atom. The third-order valence-corrected chi connectivity index (χ3v) is 6.40. The number of pyridine rings is 2. The van der Waals surface area contributed by atoms with Crippen LogP contribution in [0.15, 0.2) is 60.9 Å². The van der Waals surface area contributed by atoms with Gasteiger partial charge in [-0.1, -0.05) is 29.8 Å². The zero-order valence-electron chi connectivity index (χ0n) is 20.5. The summed E-state index contributed by atoms with van der Waals surface area (Å²) in [5, 5.41) is 17.2. The van der Waals surface area contributed by atoms with Crippen LogP contribution in [0.25, 0.3) is 40.0 Å². The summed E-state index contributed by atoms with van der Waals surface area (Å²) >= 11 is 6.46. The molecular formula is C27H20ClN6NaO3. The fourth-order valence-electron chi connectivity index (χ4n) is 4.53. The molecule has 9 nitrogen and oxygen atoms in total. The number of anilines is 1. The second-order valence-electron chi connectivity index (χ2n) is 8.51. The van der Waals surface area contributed by atoms with E-state index in [0.29, 0.717) is 65.1 Å². The van der Waals surface area contributed by atoms with Gasteiger partial charge in [0.1, 0.15) is 5.69 Å². The van der Waals surface area contributed by atoms with Gasteiger partial charge in [-0.15, -0.1) is 0 Å². The molecule has 0 amide bonds. The zero-order valence-corrected chi connectivity index (χ0v) is 23.3. The first-order valence-electron chi connectivity index (χ1n) is 11.7. The number of ether oxygens (including phenoxy) is 1. The number of carbonyl (C=O) groups excluding carboxylic acids is 1. The number of aromatic nitrogens is 5. The molecular weight excluding hydrogens is 515 g/mol. The van der Waals surface area contributed by atoms with Crippen molar-refractivity contribution in [1.29, 1.82) is 0 Å². The number of imidazole rings is 1. The van der Waals surface area contributed by atoms with Crippen LogP contribution in [0, 0.1) is 0 Å². The standard InChI is InChI=1S/C27H21ClN6O3.Na/c28-24-15-23(33-10-12-37-13-11-33)26-31-22(25(34(26)32-24)17-4-3-9-29-16-17)8-7-18-14-20(27(35)36)19-5-1-2-6-21(19)30-18;/h1-9,14-16H,10-13H2,(H,35,36);/q;+1/p-1/b8-7+;. The number of fused-ring (bicyclic) bond motifs is 2. The molecule has 5 aromatic rings. The Hall–Kier alpha value is -3.34. The van der Waals surface area contributed by atoms with Gasteiger partial charge in [0.05, 0.1) is 41.8 Å². The van der Waals surface area contributed by atoms with Crippen molar-refractivity contribution in [2.24, 2.45) is 0 Å². The van der Waals surface area contributed by atoms with E-state index in [0.717, 1.165) is 11.3 Å². The molecule has 0 radical (unpaired) electrons. The Morgan fingerprint density at radius 1 is 1.05 bits per heavy atom. The second-order valence-corrected chi connectivity index (χ2v) is 8.89. The molecule has 1 aromatic carbocycles. The van der Waals surface area contributed by atoms with Crippen LogP contribution >= 0.6 is 11.6 Å². The Kier molecular flexibility index (Phi) is 7.73. The van der Waals surface area contributed by atoms with Crippen LogP contribution in [0.2, 0.25) is 5.15 Å². The third-order valence-electron chi connectivity index (χ3n) is 6.22. The van der Waals surface area contributed by atoms with Crippen LogP contribution in [-0.2, 0) is 4.74 Å². The third kappa shape index (κ3) is 5.03. The van der Waals surface area contributed by atoms with Gasteiger partial charge in [-0.2, -0.15) is 5.10 Å². The van der Waals surface area contributed by atoms with E-state index in [-0.39, 0.29) is 35.1 Å². The van der Waals surface area contributed by atoms with Gasteiger partial charge in [0, 0.05) is 48.1 Å². The molecule has 0 spiro atoms. The van der Waals surface area contributed by atoms with E-state index in [1.54, 1.807) is 47.3 Å². The van der Waals surface area contributed by atoms with E-state index in [1.165, 1.54) is 6.07 Å². The van der Waals surface area contributed by atoms with E-state index in [2.05, 4.69) is 20.0 Å². The SMILES string of the molecule is O=C([O-])c1cc(/C=C/c2nc3c(N4CCOCC4)cc(Cl)nn3c2-c2cccnc2)nc2ccccc12.[Na+]. The maximum absolute atomic E-state index is 11.8. The molecule has 1 saturated heterocycles. The maximum atomic E-state index is 11.8. The number of morpholine rings is 1. The van der Waals surface area contributed by atoms with Gasteiger partial charge in [0.25, 0.3) is 0 Å². The molecule has 5 heterocycles. The maximum Gasteiger partial charge on any atom is 1.00 e. The van der Waals surface area contributed by atoms with Crippen molar-refractivity contribution in [2.75, 3.05) is 31.2 Å².